The molecule has 11 heteroatoms. The van der Waals surface area contributed by atoms with Crippen molar-refractivity contribution in [2.75, 3.05) is 19.8 Å². The number of urea groups is 1. The van der Waals surface area contributed by atoms with Crippen molar-refractivity contribution in [2.45, 2.75) is 32.7 Å². The topological polar surface area (TPSA) is 125 Å². The number of H-pyrrole nitrogens is 2. The van der Waals surface area contributed by atoms with Crippen LogP contribution in [0.3, 0.4) is 0 Å². The number of benzene rings is 5. The minimum absolute atomic E-state index is 0.178. The second-order valence-corrected chi connectivity index (χ2v) is 18.0. The second-order valence-electron chi connectivity index (χ2n) is 18.0. The average Bonchev–Trinajstić information content (AvgIpc) is 4.28. The number of halogens is 1. The fourth-order valence-electron chi connectivity index (χ4n) is 9.94. The van der Waals surface area contributed by atoms with Gasteiger partial charge in [-0.25, -0.2) is 23.9 Å². The summed E-state index contributed by atoms with van der Waals surface area (Å²) in [7, 11) is 0. The van der Waals surface area contributed by atoms with Crippen molar-refractivity contribution < 1.29 is 23.5 Å². The zero-order chi connectivity index (χ0) is 49.8. The van der Waals surface area contributed by atoms with E-state index in [-0.39, 0.29) is 12.6 Å². The van der Waals surface area contributed by atoms with E-state index in [1.54, 1.807) is 30.9 Å². The molecule has 3 aliphatic rings. The number of fused-ring (bicyclic) bond motifs is 8. The Kier molecular flexibility index (Phi) is 12.9. The quantitative estimate of drug-likeness (QED) is 0.0781. The van der Waals surface area contributed by atoms with Crippen LogP contribution in [-0.4, -0.2) is 56.6 Å². The molecule has 360 valence electrons. The zero-order valence-electron chi connectivity index (χ0n) is 40.4. The summed E-state index contributed by atoms with van der Waals surface area (Å²) < 4.78 is 25.5. The molecule has 0 radical (unpaired) electrons. The summed E-state index contributed by atoms with van der Waals surface area (Å²) in [5.41, 5.74) is 16.4. The molecule has 2 amide bonds. The lowest BCUT2D eigenvalue weighted by Crippen LogP contribution is -2.48. The molecule has 73 heavy (non-hydrogen) atoms. The summed E-state index contributed by atoms with van der Waals surface area (Å²) in [6.07, 6.45) is 9.66. The van der Waals surface area contributed by atoms with Gasteiger partial charge in [0.25, 0.3) is 0 Å². The van der Waals surface area contributed by atoms with Gasteiger partial charge in [0.2, 0.25) is 0 Å². The van der Waals surface area contributed by atoms with Crippen LogP contribution in [0.1, 0.15) is 61.1 Å². The number of nitrogens with one attached hydrogen (secondary N) is 3. The van der Waals surface area contributed by atoms with E-state index in [9.17, 15) is 14.0 Å². The molecule has 0 saturated heterocycles. The van der Waals surface area contributed by atoms with E-state index in [0.717, 1.165) is 89.4 Å². The standard InChI is InChI=1S/C62H51FN6O4/c1-3-72-61(70)55-39(2)69(62(71)68-60(55)44-21-25-45(63)26-22-44)37-13-14-38-73-46-27-23-43(24-28-46)59-53-35-33-51(66-53)57(41-17-9-5-10-18-41)49-31-29-47(64-49)56(40-15-7-4-8-16-40)48-30-32-50(65-48)58(42-19-11-6-12-20-42)52-34-36-54(59)67-52/h4-12,15-36,60,64,67H,3,13-14,37-38H2,1-2H3,(H,68,71). The first kappa shape index (κ1) is 46.3. The van der Waals surface area contributed by atoms with E-state index in [4.69, 9.17) is 19.4 Å². The number of amides is 2. The van der Waals surface area contributed by atoms with Gasteiger partial charge in [-0.05, 0) is 127 Å². The highest BCUT2D eigenvalue weighted by Crippen LogP contribution is 2.39. The van der Waals surface area contributed by atoms with Crippen molar-refractivity contribution in [3.8, 4) is 50.3 Å². The summed E-state index contributed by atoms with van der Waals surface area (Å²) >= 11 is 0. The summed E-state index contributed by atoms with van der Waals surface area (Å²) in [4.78, 5) is 46.7. The number of aromatic nitrogens is 4. The molecule has 0 spiro atoms. The van der Waals surface area contributed by atoms with Crippen LogP contribution in [0, 0.1) is 5.82 Å². The molecule has 0 aliphatic carbocycles. The molecule has 1 atom stereocenters. The molecular formula is C62H51FN6O4. The molecule has 6 heterocycles. The number of rotatable bonds is 13. The lowest BCUT2D eigenvalue weighted by Gasteiger charge is -2.35. The summed E-state index contributed by atoms with van der Waals surface area (Å²) in [5, 5.41) is 2.94. The number of hydrogen-bond donors (Lipinski definition) is 3. The van der Waals surface area contributed by atoms with Gasteiger partial charge in [-0.1, -0.05) is 115 Å². The Balaban J connectivity index is 0.943. The Morgan fingerprint density at radius 3 is 1.45 bits per heavy atom. The highest BCUT2D eigenvalue weighted by Gasteiger charge is 2.36. The van der Waals surface area contributed by atoms with Crippen LogP contribution in [0.2, 0.25) is 0 Å². The first-order chi connectivity index (χ1) is 35.8. The van der Waals surface area contributed by atoms with Crippen molar-refractivity contribution in [3.63, 3.8) is 0 Å². The van der Waals surface area contributed by atoms with E-state index < -0.39 is 17.8 Å². The van der Waals surface area contributed by atoms with Gasteiger partial charge in [0, 0.05) is 56.6 Å². The van der Waals surface area contributed by atoms with Crippen molar-refractivity contribution >= 4 is 58.4 Å². The second kappa shape index (κ2) is 20.3. The number of unbranched alkanes of at least 4 members (excludes halogenated alkanes) is 1. The molecule has 0 fully saturated rings. The Labute approximate surface area is 422 Å². The summed E-state index contributed by atoms with van der Waals surface area (Å²) in [5.74, 6) is -0.231. The molecule has 3 N–H and O–H groups in total. The predicted octanol–water partition coefficient (Wildman–Crippen LogP) is 14.2. The lowest BCUT2D eigenvalue weighted by molar-refractivity contribution is -0.139. The Morgan fingerprint density at radius 2 is 1.01 bits per heavy atom. The van der Waals surface area contributed by atoms with Crippen LogP contribution in [0.25, 0.3) is 90.9 Å². The molecule has 3 aromatic heterocycles. The van der Waals surface area contributed by atoms with E-state index in [1.807, 2.05) is 30.3 Å². The van der Waals surface area contributed by atoms with Crippen LogP contribution in [0.15, 0.2) is 175 Å². The van der Waals surface area contributed by atoms with Crippen LogP contribution >= 0.6 is 0 Å². The van der Waals surface area contributed by atoms with Crippen molar-refractivity contribution in [1.29, 1.82) is 0 Å². The minimum Gasteiger partial charge on any atom is -0.494 e. The third kappa shape index (κ3) is 9.36. The number of ether oxygens (including phenoxy) is 2. The highest BCUT2D eigenvalue weighted by atomic mass is 19.1. The van der Waals surface area contributed by atoms with Crippen LogP contribution in [0.4, 0.5) is 9.18 Å². The van der Waals surface area contributed by atoms with Gasteiger partial charge < -0.3 is 24.8 Å². The molecule has 10 nitrogen and oxygen atoms in total. The molecule has 0 saturated carbocycles. The highest BCUT2D eigenvalue weighted by molar-refractivity contribution is 6.00. The van der Waals surface area contributed by atoms with Gasteiger partial charge in [-0.15, -0.1) is 0 Å². The van der Waals surface area contributed by atoms with Crippen LogP contribution < -0.4 is 10.1 Å². The van der Waals surface area contributed by atoms with E-state index in [2.05, 4.69) is 149 Å². The Bertz CT molecular complexity index is 3600. The number of aromatic amines is 2. The largest absolute Gasteiger partial charge is 0.494 e. The van der Waals surface area contributed by atoms with E-state index in [1.165, 1.54) is 12.1 Å². The van der Waals surface area contributed by atoms with Crippen LogP contribution in [0.5, 0.6) is 5.75 Å². The van der Waals surface area contributed by atoms with Gasteiger partial charge in [-0.2, -0.15) is 0 Å². The van der Waals surface area contributed by atoms with Gasteiger partial charge in [0.1, 0.15) is 11.6 Å². The normalized spacial score (nSPS) is 14.1. The first-order valence-corrected chi connectivity index (χ1v) is 24.6. The van der Waals surface area contributed by atoms with Gasteiger partial charge in [0.15, 0.2) is 0 Å². The van der Waals surface area contributed by atoms with E-state index in [0.29, 0.717) is 48.6 Å². The Hall–Kier alpha value is -9.09. The maximum absolute atomic E-state index is 13.8. The zero-order valence-corrected chi connectivity index (χ0v) is 40.4. The molecule has 11 rings (SSSR count). The predicted molar refractivity (Wildman–Crippen MR) is 289 cm³/mol. The van der Waals surface area contributed by atoms with Crippen LogP contribution in [-0.2, 0) is 9.53 Å². The molecular weight excluding hydrogens is 912 g/mol. The fraction of sp³-hybridized carbons (Fsp3) is 0.129. The fourth-order valence-corrected chi connectivity index (χ4v) is 9.94. The van der Waals surface area contributed by atoms with Gasteiger partial charge in [-0.3, -0.25) is 4.90 Å². The van der Waals surface area contributed by atoms with Gasteiger partial charge >= 0.3 is 12.0 Å². The monoisotopic (exact) mass is 962 g/mol. The molecule has 1 unspecified atom stereocenters. The average molecular weight is 963 g/mol. The maximum atomic E-state index is 13.8. The first-order valence-electron chi connectivity index (χ1n) is 24.6. The van der Waals surface area contributed by atoms with Gasteiger partial charge in [0.05, 0.1) is 47.6 Å². The third-order valence-corrected chi connectivity index (χ3v) is 13.4. The summed E-state index contributed by atoms with van der Waals surface area (Å²) in [6.45, 7) is 4.43. The van der Waals surface area contributed by atoms with Crippen molar-refractivity contribution in [1.82, 2.24) is 30.2 Å². The SMILES string of the molecule is CCOC(=O)C1=C(C)N(CCCCOc2ccc(-c3c4nc(c(-c5ccccc5)c5ccc([nH]5)c(-c5ccccc5)c5nc(c(-c6ccccc6)c6ccc3[nH]6)C=C5)C=C4)cc2)C(=O)NC1c1ccc(F)cc1. The molecule has 3 aliphatic heterocycles. The van der Waals surface area contributed by atoms with E-state index >= 15 is 0 Å². The molecule has 8 aromatic rings. The Morgan fingerprint density at radius 1 is 0.575 bits per heavy atom. The molecule has 8 bridgehead atoms. The summed E-state index contributed by atoms with van der Waals surface area (Å²) in [6, 6.07) is 52.4. The van der Waals surface area contributed by atoms with Crippen molar-refractivity contribution in [3.05, 3.63) is 209 Å². The minimum atomic E-state index is -0.759. The molecule has 5 aromatic carbocycles. The van der Waals surface area contributed by atoms with Crippen molar-refractivity contribution in [2.24, 2.45) is 0 Å². The number of carbonyl (C=O) groups excluding carboxylic acids is 2. The lowest BCUT2D eigenvalue weighted by atomic mass is 9.94. The number of allylic oxidation sites excluding steroid dienone is 1. The maximum Gasteiger partial charge on any atom is 0.338 e. The number of esters is 1. The number of hydrogen-bond acceptors (Lipinski definition) is 6. The third-order valence-electron chi connectivity index (χ3n) is 13.4. The number of nitrogens with zero attached hydrogens (tertiary/aromatic N) is 3. The number of carbonyl (C=O) groups is 2. The smallest absolute Gasteiger partial charge is 0.338 e.